The number of guanidine groups is 1. The lowest BCUT2D eigenvalue weighted by Gasteiger charge is -2.34. The fourth-order valence-corrected chi connectivity index (χ4v) is 3.99. The fraction of sp³-hybridized carbons (Fsp3) is 0.667. The van der Waals surface area contributed by atoms with Crippen LogP contribution in [0.2, 0.25) is 0 Å². The van der Waals surface area contributed by atoms with Gasteiger partial charge in [-0.2, -0.15) is 0 Å². The standard InChI is InChI=1S/C21H37N5S.HI/c1-6-22-21(24-15-19-8-7-17(2)13-20(19)27-5)23-14-18(3)16-26-11-9-25(4)10-12-26;/h7-8,13,18H,6,9-12,14-16H2,1-5H3,(H2,22,23,24);1H. The van der Waals surface area contributed by atoms with Gasteiger partial charge in [-0.3, -0.25) is 0 Å². The zero-order valence-electron chi connectivity index (χ0n) is 18.1. The van der Waals surface area contributed by atoms with Crippen LogP contribution in [0.3, 0.4) is 0 Å². The zero-order valence-corrected chi connectivity index (χ0v) is 21.3. The normalized spacial score (nSPS) is 17.1. The van der Waals surface area contributed by atoms with Crippen molar-refractivity contribution < 1.29 is 0 Å². The molecule has 7 heteroatoms. The first-order chi connectivity index (χ1) is 13.0. The number of hydrogen-bond acceptors (Lipinski definition) is 4. The van der Waals surface area contributed by atoms with E-state index in [0.717, 1.165) is 25.6 Å². The fourth-order valence-electron chi connectivity index (χ4n) is 3.30. The number of thioether (sulfide) groups is 1. The Morgan fingerprint density at radius 2 is 1.93 bits per heavy atom. The number of piperazine rings is 1. The van der Waals surface area contributed by atoms with E-state index < -0.39 is 0 Å². The maximum absolute atomic E-state index is 4.81. The highest BCUT2D eigenvalue weighted by atomic mass is 127. The molecule has 2 N–H and O–H groups in total. The molecule has 1 saturated heterocycles. The van der Waals surface area contributed by atoms with Crippen molar-refractivity contribution in [3.05, 3.63) is 29.3 Å². The van der Waals surface area contributed by atoms with Crippen molar-refractivity contribution >= 4 is 41.7 Å². The summed E-state index contributed by atoms with van der Waals surface area (Å²) >= 11 is 1.79. The first-order valence-corrected chi connectivity index (χ1v) is 11.3. The van der Waals surface area contributed by atoms with E-state index in [0.29, 0.717) is 12.5 Å². The lowest BCUT2D eigenvalue weighted by molar-refractivity contribution is 0.139. The average Bonchev–Trinajstić information content (AvgIpc) is 2.66. The van der Waals surface area contributed by atoms with Gasteiger partial charge in [-0.25, -0.2) is 4.99 Å². The van der Waals surface area contributed by atoms with E-state index in [1.165, 1.54) is 42.2 Å². The molecule has 0 aliphatic carbocycles. The van der Waals surface area contributed by atoms with Crippen molar-refractivity contribution in [3.8, 4) is 0 Å². The van der Waals surface area contributed by atoms with E-state index in [2.05, 4.69) is 72.7 Å². The summed E-state index contributed by atoms with van der Waals surface area (Å²) in [6.45, 7) is 15.0. The van der Waals surface area contributed by atoms with Gasteiger partial charge < -0.3 is 20.4 Å². The van der Waals surface area contributed by atoms with Crippen LogP contribution in [0, 0.1) is 12.8 Å². The molecule has 1 atom stereocenters. The molecule has 1 aromatic carbocycles. The van der Waals surface area contributed by atoms with Gasteiger partial charge >= 0.3 is 0 Å². The number of aryl methyl sites for hydroxylation is 1. The minimum atomic E-state index is 0. The van der Waals surface area contributed by atoms with E-state index in [1.54, 1.807) is 11.8 Å². The largest absolute Gasteiger partial charge is 0.357 e. The van der Waals surface area contributed by atoms with Gasteiger partial charge in [0.25, 0.3) is 0 Å². The van der Waals surface area contributed by atoms with E-state index in [-0.39, 0.29) is 24.0 Å². The second kappa shape index (κ2) is 13.7. The average molecular weight is 520 g/mol. The van der Waals surface area contributed by atoms with Crippen LogP contribution in [0.1, 0.15) is 25.0 Å². The Balaban J connectivity index is 0.00000392. The second-order valence-electron chi connectivity index (χ2n) is 7.60. The monoisotopic (exact) mass is 519 g/mol. The maximum Gasteiger partial charge on any atom is 0.191 e. The van der Waals surface area contributed by atoms with Crippen LogP contribution in [-0.4, -0.2) is 74.9 Å². The molecule has 0 radical (unpaired) electrons. The van der Waals surface area contributed by atoms with Gasteiger partial charge in [-0.1, -0.05) is 19.1 Å². The van der Waals surface area contributed by atoms with E-state index in [4.69, 9.17) is 4.99 Å². The van der Waals surface area contributed by atoms with Crippen LogP contribution in [0.15, 0.2) is 28.1 Å². The summed E-state index contributed by atoms with van der Waals surface area (Å²) in [5, 5.41) is 6.91. The molecule has 28 heavy (non-hydrogen) atoms. The molecular formula is C21H38IN5S. The molecule has 1 fully saturated rings. The van der Waals surface area contributed by atoms with Crippen molar-refractivity contribution in [2.24, 2.45) is 10.9 Å². The minimum absolute atomic E-state index is 0. The Morgan fingerprint density at radius 3 is 2.57 bits per heavy atom. The molecule has 0 saturated carbocycles. The summed E-state index contributed by atoms with van der Waals surface area (Å²) in [5.74, 6) is 1.51. The highest BCUT2D eigenvalue weighted by Crippen LogP contribution is 2.22. The number of nitrogens with zero attached hydrogens (tertiary/aromatic N) is 3. The lowest BCUT2D eigenvalue weighted by Crippen LogP contribution is -2.47. The molecular weight excluding hydrogens is 481 g/mol. The first kappa shape index (κ1) is 25.5. The van der Waals surface area contributed by atoms with Crippen LogP contribution in [0.25, 0.3) is 0 Å². The second-order valence-corrected chi connectivity index (χ2v) is 8.45. The number of nitrogens with one attached hydrogen (secondary N) is 2. The molecule has 1 aromatic rings. The van der Waals surface area contributed by atoms with Crippen LogP contribution in [-0.2, 0) is 6.54 Å². The van der Waals surface area contributed by atoms with Gasteiger partial charge in [0, 0.05) is 50.7 Å². The molecule has 1 heterocycles. The van der Waals surface area contributed by atoms with Crippen LogP contribution >= 0.6 is 35.7 Å². The number of hydrogen-bond donors (Lipinski definition) is 2. The Labute approximate surface area is 193 Å². The van der Waals surface area contributed by atoms with Crippen LogP contribution in [0.4, 0.5) is 0 Å². The Bertz CT molecular complexity index is 602. The minimum Gasteiger partial charge on any atom is -0.357 e. The highest BCUT2D eigenvalue weighted by molar-refractivity contribution is 14.0. The van der Waals surface area contributed by atoms with Crippen LogP contribution in [0.5, 0.6) is 0 Å². The molecule has 5 nitrogen and oxygen atoms in total. The lowest BCUT2D eigenvalue weighted by atomic mass is 10.1. The predicted octanol–water partition coefficient (Wildman–Crippen LogP) is 3.27. The van der Waals surface area contributed by atoms with Gasteiger partial charge in [-0.15, -0.1) is 35.7 Å². The van der Waals surface area contributed by atoms with Gasteiger partial charge in [0.1, 0.15) is 0 Å². The third-order valence-corrected chi connectivity index (χ3v) is 5.80. The van der Waals surface area contributed by atoms with Gasteiger partial charge in [0.05, 0.1) is 6.54 Å². The molecule has 160 valence electrons. The van der Waals surface area contributed by atoms with Crippen molar-refractivity contribution in [3.63, 3.8) is 0 Å². The van der Waals surface area contributed by atoms with Crippen molar-refractivity contribution in [2.45, 2.75) is 32.2 Å². The SMILES string of the molecule is CCNC(=NCc1ccc(C)cc1SC)NCC(C)CN1CCN(C)CC1.I. The number of rotatable bonds is 8. The summed E-state index contributed by atoms with van der Waals surface area (Å²) in [6, 6.07) is 6.61. The van der Waals surface area contributed by atoms with Crippen molar-refractivity contribution in [1.82, 2.24) is 20.4 Å². The predicted molar refractivity (Wildman–Crippen MR) is 134 cm³/mol. The summed E-state index contributed by atoms with van der Waals surface area (Å²) in [5.41, 5.74) is 2.59. The molecule has 2 rings (SSSR count). The first-order valence-electron chi connectivity index (χ1n) is 10.1. The van der Waals surface area contributed by atoms with Gasteiger partial charge in [0.15, 0.2) is 5.96 Å². The van der Waals surface area contributed by atoms with Crippen molar-refractivity contribution in [1.29, 1.82) is 0 Å². The Kier molecular flexibility index (Phi) is 12.5. The molecule has 0 amide bonds. The highest BCUT2D eigenvalue weighted by Gasteiger charge is 2.16. The van der Waals surface area contributed by atoms with Gasteiger partial charge in [-0.05, 0) is 50.3 Å². The van der Waals surface area contributed by atoms with E-state index in [1.807, 2.05) is 0 Å². The number of benzene rings is 1. The smallest absolute Gasteiger partial charge is 0.191 e. The molecule has 1 aliphatic rings. The topological polar surface area (TPSA) is 42.9 Å². The quantitative estimate of drug-likeness (QED) is 0.239. The number of halogens is 1. The third kappa shape index (κ3) is 8.88. The number of aliphatic imine (C=N–C) groups is 1. The summed E-state index contributed by atoms with van der Waals surface area (Å²) < 4.78 is 0. The zero-order chi connectivity index (χ0) is 19.6. The van der Waals surface area contributed by atoms with Crippen molar-refractivity contribution in [2.75, 3.05) is 59.1 Å². The Hall–Kier alpha value is -0.510. The van der Waals surface area contributed by atoms with Crippen LogP contribution < -0.4 is 10.6 Å². The summed E-state index contributed by atoms with van der Waals surface area (Å²) in [4.78, 5) is 11.1. The summed E-state index contributed by atoms with van der Waals surface area (Å²) in [7, 11) is 2.21. The maximum atomic E-state index is 4.81. The molecule has 1 unspecified atom stereocenters. The Morgan fingerprint density at radius 1 is 1.21 bits per heavy atom. The molecule has 1 aliphatic heterocycles. The molecule has 0 aromatic heterocycles. The van der Waals surface area contributed by atoms with Gasteiger partial charge in [0.2, 0.25) is 0 Å². The molecule has 0 bridgehead atoms. The summed E-state index contributed by atoms with van der Waals surface area (Å²) in [6.07, 6.45) is 2.13. The van der Waals surface area contributed by atoms with E-state index >= 15 is 0 Å². The molecule has 0 spiro atoms. The third-order valence-electron chi connectivity index (χ3n) is 4.98. The van der Waals surface area contributed by atoms with E-state index in [9.17, 15) is 0 Å². The number of likely N-dealkylation sites (N-methyl/N-ethyl adjacent to an activating group) is 1.